The van der Waals surface area contributed by atoms with Crippen LogP contribution >= 0.6 is 15.6 Å². The van der Waals surface area contributed by atoms with E-state index in [1.807, 2.05) is 0 Å². The highest BCUT2D eigenvalue weighted by Gasteiger charge is 2.30. The highest BCUT2D eigenvalue weighted by molar-refractivity contribution is 7.47. The van der Waals surface area contributed by atoms with E-state index in [4.69, 9.17) is 37.0 Å². The first-order valence-corrected chi connectivity index (χ1v) is 40.2. The highest BCUT2D eigenvalue weighted by atomic mass is 31.2. The Labute approximate surface area is 549 Å². The molecule has 0 radical (unpaired) electrons. The monoisotopic (exact) mass is 1320 g/mol. The van der Waals surface area contributed by atoms with Crippen molar-refractivity contribution in [1.82, 2.24) is 0 Å². The molecular weight excluding hydrogens is 1190 g/mol. The molecule has 0 bridgehead atoms. The fourth-order valence-electron chi connectivity index (χ4n) is 10.8. The molecule has 0 aliphatic carbocycles. The maximum Gasteiger partial charge on any atom is 0.472 e. The number of phosphoric ester groups is 2. The van der Waals surface area contributed by atoms with Crippen molar-refractivity contribution in [1.29, 1.82) is 0 Å². The van der Waals surface area contributed by atoms with Crippen molar-refractivity contribution >= 4 is 39.5 Å². The van der Waals surface area contributed by atoms with Gasteiger partial charge in [0.25, 0.3) is 0 Å². The number of hydrogen-bond acceptors (Lipinski definition) is 15. The number of aliphatic hydroxyl groups is 1. The Balaban J connectivity index is 5.20. The lowest BCUT2D eigenvalue weighted by molar-refractivity contribution is -0.161. The third-order valence-electron chi connectivity index (χ3n) is 16.9. The Kier molecular flexibility index (Phi) is 63.0. The summed E-state index contributed by atoms with van der Waals surface area (Å²) >= 11 is 0. The first kappa shape index (κ1) is 88.1. The fourth-order valence-corrected chi connectivity index (χ4v) is 12.4. The minimum atomic E-state index is -4.95. The molecule has 534 valence electrons. The summed E-state index contributed by atoms with van der Waals surface area (Å²) in [6, 6.07) is 0. The molecule has 17 nitrogen and oxygen atoms in total. The predicted molar refractivity (Wildman–Crippen MR) is 363 cm³/mol. The van der Waals surface area contributed by atoms with Crippen molar-refractivity contribution in [3.8, 4) is 0 Å². The normalized spacial score (nSPS) is 14.4. The van der Waals surface area contributed by atoms with Gasteiger partial charge in [-0.25, -0.2) is 9.13 Å². The fraction of sp³-hybridized carbons (Fsp3) is 0.944. The van der Waals surface area contributed by atoms with Crippen LogP contribution in [0.15, 0.2) is 0 Å². The van der Waals surface area contributed by atoms with Crippen LogP contribution in [-0.4, -0.2) is 96.7 Å². The van der Waals surface area contributed by atoms with Gasteiger partial charge in [0, 0.05) is 25.7 Å². The molecule has 0 fully saturated rings. The average molecular weight is 1330 g/mol. The van der Waals surface area contributed by atoms with Gasteiger partial charge in [-0.3, -0.25) is 37.3 Å². The molecule has 90 heavy (non-hydrogen) atoms. The lowest BCUT2D eigenvalue weighted by atomic mass is 9.99. The maximum atomic E-state index is 13.0. The van der Waals surface area contributed by atoms with E-state index in [1.165, 1.54) is 193 Å². The number of unbranched alkanes of at least 4 members (excludes halogenated alkanes) is 42. The van der Waals surface area contributed by atoms with Crippen molar-refractivity contribution in [2.24, 2.45) is 5.92 Å². The summed E-state index contributed by atoms with van der Waals surface area (Å²) in [5.74, 6) is -1.31. The van der Waals surface area contributed by atoms with Gasteiger partial charge in [0.15, 0.2) is 12.2 Å². The Morgan fingerprint density at radius 2 is 0.533 bits per heavy atom. The SMILES string of the molecule is CCCCCCCCCCCCCCCCCCCCC(=O)O[C@H](COC(=O)CCCCCCCCCCCCC(C)CC)COP(=O)(O)OC[C@@H](O)COP(=O)(O)OC[C@@H](COC(=O)CCCCCCCCCCC)OC(=O)CCCCCCCCCCC. The predicted octanol–water partition coefficient (Wildman–Crippen LogP) is 20.5. The molecule has 0 aromatic carbocycles. The van der Waals surface area contributed by atoms with Crippen LogP contribution in [0.2, 0.25) is 0 Å². The van der Waals surface area contributed by atoms with Crippen molar-refractivity contribution in [3.05, 3.63) is 0 Å². The van der Waals surface area contributed by atoms with Gasteiger partial charge in [0.2, 0.25) is 0 Å². The van der Waals surface area contributed by atoms with E-state index in [0.29, 0.717) is 25.7 Å². The van der Waals surface area contributed by atoms with Gasteiger partial charge in [0.05, 0.1) is 26.4 Å². The van der Waals surface area contributed by atoms with Gasteiger partial charge < -0.3 is 33.8 Å². The van der Waals surface area contributed by atoms with E-state index >= 15 is 0 Å². The molecule has 3 N–H and O–H groups in total. The quantitative estimate of drug-likeness (QED) is 0.0222. The topological polar surface area (TPSA) is 237 Å². The molecule has 19 heteroatoms. The lowest BCUT2D eigenvalue weighted by Crippen LogP contribution is -2.30. The van der Waals surface area contributed by atoms with Crippen molar-refractivity contribution in [3.63, 3.8) is 0 Å². The van der Waals surface area contributed by atoms with Crippen molar-refractivity contribution in [2.45, 2.75) is 387 Å². The Hall–Kier alpha value is -1.94. The van der Waals surface area contributed by atoms with Gasteiger partial charge in [-0.1, -0.05) is 317 Å². The molecule has 0 aromatic heterocycles. The molecule has 0 aromatic rings. The molecule has 3 unspecified atom stereocenters. The molecule has 0 aliphatic heterocycles. The molecule has 0 aliphatic rings. The van der Waals surface area contributed by atoms with Crippen LogP contribution in [0, 0.1) is 5.92 Å². The summed E-state index contributed by atoms with van der Waals surface area (Å²) in [5, 5.41) is 10.6. The minimum Gasteiger partial charge on any atom is -0.462 e. The van der Waals surface area contributed by atoms with Crippen molar-refractivity contribution in [2.75, 3.05) is 39.6 Å². The molecule has 0 rings (SSSR count). The number of aliphatic hydroxyl groups excluding tert-OH is 1. The van der Waals surface area contributed by atoms with E-state index in [-0.39, 0.29) is 25.7 Å². The average Bonchev–Trinajstić information content (AvgIpc) is 3.15. The number of esters is 4. The molecule has 0 saturated heterocycles. The van der Waals surface area contributed by atoms with Crippen molar-refractivity contribution < 1.29 is 80.2 Å². The molecule has 6 atom stereocenters. The zero-order chi connectivity index (χ0) is 66.3. The summed E-state index contributed by atoms with van der Waals surface area (Å²) in [5.41, 5.74) is 0. The highest BCUT2D eigenvalue weighted by Crippen LogP contribution is 2.45. The summed E-state index contributed by atoms with van der Waals surface area (Å²) in [7, 11) is -9.90. The number of carbonyl (C=O) groups is 4. The van der Waals surface area contributed by atoms with Gasteiger partial charge in [0.1, 0.15) is 19.3 Å². The van der Waals surface area contributed by atoms with Crippen LogP contribution in [0.25, 0.3) is 0 Å². The number of phosphoric acid groups is 2. The second-order valence-corrected chi connectivity index (χ2v) is 28.8. The first-order valence-electron chi connectivity index (χ1n) is 37.2. The summed E-state index contributed by atoms with van der Waals surface area (Å²) in [6.07, 6.45) is 51.3. The number of ether oxygens (including phenoxy) is 4. The van der Waals surface area contributed by atoms with Crippen LogP contribution in [0.3, 0.4) is 0 Å². The molecule has 0 saturated carbocycles. The summed E-state index contributed by atoms with van der Waals surface area (Å²) in [6.45, 7) is 7.25. The largest absolute Gasteiger partial charge is 0.472 e. The van der Waals surface area contributed by atoms with Crippen LogP contribution in [0.4, 0.5) is 0 Å². The number of rotatable bonds is 71. The molecule has 0 amide bonds. The van der Waals surface area contributed by atoms with E-state index in [9.17, 15) is 43.2 Å². The summed E-state index contributed by atoms with van der Waals surface area (Å²) in [4.78, 5) is 72.5. The Morgan fingerprint density at radius 3 is 0.789 bits per heavy atom. The zero-order valence-corrected chi connectivity index (χ0v) is 60.1. The van der Waals surface area contributed by atoms with Gasteiger partial charge in [-0.2, -0.15) is 0 Å². The van der Waals surface area contributed by atoms with Gasteiger partial charge >= 0.3 is 39.5 Å². The standard InChI is InChI=1S/C71H138O17P2/c1-6-10-13-16-19-22-23-24-25-26-27-28-29-30-37-42-47-52-57-71(76)88-67(61-82-69(74)55-50-45-40-36-32-31-35-38-43-48-53-64(5)9-4)63-86-90(79,80)84-59-65(72)58-83-89(77,78)85-62-66(87-70(75)56-51-46-41-34-21-18-15-12-8-3)60-81-68(73)54-49-44-39-33-20-17-14-11-7-2/h64-67,72H,6-63H2,1-5H3,(H,77,78)(H,79,80)/t64?,65-,66+,67+/m0/s1. The van der Waals surface area contributed by atoms with Crippen LogP contribution < -0.4 is 0 Å². The van der Waals surface area contributed by atoms with Gasteiger partial charge in [-0.15, -0.1) is 0 Å². The number of carbonyl (C=O) groups excluding carboxylic acids is 4. The van der Waals surface area contributed by atoms with E-state index in [1.54, 1.807) is 0 Å². The van der Waals surface area contributed by atoms with Gasteiger partial charge in [-0.05, 0) is 31.6 Å². The summed E-state index contributed by atoms with van der Waals surface area (Å²) < 4.78 is 68.2. The Morgan fingerprint density at radius 1 is 0.311 bits per heavy atom. The third-order valence-corrected chi connectivity index (χ3v) is 18.8. The maximum absolute atomic E-state index is 13.0. The van der Waals surface area contributed by atoms with E-state index in [2.05, 4.69) is 34.6 Å². The van der Waals surface area contributed by atoms with E-state index < -0.39 is 97.5 Å². The zero-order valence-electron chi connectivity index (χ0n) is 58.3. The van der Waals surface area contributed by atoms with Crippen LogP contribution in [0.5, 0.6) is 0 Å². The molecular formula is C71H138O17P2. The second kappa shape index (κ2) is 64.4. The smallest absolute Gasteiger partial charge is 0.462 e. The second-order valence-electron chi connectivity index (χ2n) is 25.9. The Bertz CT molecular complexity index is 1740. The van der Waals surface area contributed by atoms with Crippen LogP contribution in [0.1, 0.15) is 369 Å². The first-order chi connectivity index (χ1) is 43.6. The number of hydrogen-bond donors (Lipinski definition) is 3. The molecule has 0 spiro atoms. The lowest BCUT2D eigenvalue weighted by Gasteiger charge is -2.21. The molecule has 0 heterocycles. The van der Waals surface area contributed by atoms with E-state index in [0.717, 1.165) is 95.8 Å². The third kappa shape index (κ3) is 63.5. The van der Waals surface area contributed by atoms with Crippen LogP contribution in [-0.2, 0) is 65.4 Å². The minimum absolute atomic E-state index is 0.106.